The SMILES string of the molecule is CC(C)c1cnc2nc(-c3[c-]ccc4c3oc3ccccc34)n(-c3c(C(C)C)cccc3C(C)C)c2n1.[Ir].[c-]1ccccc1-c1cc(-c2ccccc2)ccn1. The largest absolute Gasteiger partial charge is 0.501 e. The van der Waals surface area contributed by atoms with Crippen LogP contribution in [0.15, 0.2) is 138 Å². The van der Waals surface area contributed by atoms with E-state index in [0.29, 0.717) is 17.5 Å². The van der Waals surface area contributed by atoms with Crippen molar-refractivity contribution in [3.63, 3.8) is 0 Å². The Morgan fingerprint density at radius 3 is 2.07 bits per heavy atom. The van der Waals surface area contributed by atoms with Gasteiger partial charge in [0, 0.05) is 37.4 Å². The zero-order valence-corrected chi connectivity index (χ0v) is 34.8. The van der Waals surface area contributed by atoms with Gasteiger partial charge in [0.25, 0.3) is 0 Å². The first-order valence-corrected chi connectivity index (χ1v) is 19.0. The zero-order chi connectivity index (χ0) is 38.1. The predicted molar refractivity (Wildman–Crippen MR) is 224 cm³/mol. The van der Waals surface area contributed by atoms with Crippen LogP contribution in [-0.4, -0.2) is 24.5 Å². The van der Waals surface area contributed by atoms with Gasteiger partial charge in [-0.3, -0.25) is 4.98 Å². The molecule has 0 N–H and O–H groups in total. The summed E-state index contributed by atoms with van der Waals surface area (Å²) in [6.45, 7) is 13.2. The van der Waals surface area contributed by atoms with Crippen LogP contribution in [0, 0.1) is 12.1 Å². The molecule has 5 aromatic carbocycles. The van der Waals surface area contributed by atoms with Gasteiger partial charge in [-0.15, -0.1) is 54.1 Å². The fourth-order valence-corrected chi connectivity index (χ4v) is 7.09. The van der Waals surface area contributed by atoms with Crippen LogP contribution in [0.2, 0.25) is 0 Å². The Labute approximate surface area is 342 Å². The number of hydrogen-bond donors (Lipinski definition) is 0. The van der Waals surface area contributed by atoms with E-state index in [2.05, 4.69) is 112 Å². The molecule has 9 aromatic rings. The van der Waals surface area contributed by atoms with Crippen LogP contribution >= 0.6 is 0 Å². The van der Waals surface area contributed by atoms with Crippen molar-refractivity contribution in [2.24, 2.45) is 0 Å². The summed E-state index contributed by atoms with van der Waals surface area (Å²) >= 11 is 0. The van der Waals surface area contributed by atoms with Crippen LogP contribution < -0.4 is 0 Å². The minimum atomic E-state index is 0. The molecule has 0 aliphatic heterocycles. The Bertz CT molecular complexity index is 2670. The van der Waals surface area contributed by atoms with Crippen LogP contribution in [0.4, 0.5) is 0 Å². The van der Waals surface area contributed by atoms with E-state index in [4.69, 9.17) is 19.4 Å². The van der Waals surface area contributed by atoms with Crippen LogP contribution in [0.25, 0.3) is 72.7 Å². The molecular formula is C49H43IrN5O-2. The number of para-hydroxylation sites is 2. The summed E-state index contributed by atoms with van der Waals surface area (Å²) in [6, 6.07) is 47.8. The summed E-state index contributed by atoms with van der Waals surface area (Å²) in [7, 11) is 0. The summed E-state index contributed by atoms with van der Waals surface area (Å²) in [5.41, 5.74) is 12.8. The van der Waals surface area contributed by atoms with Crippen molar-refractivity contribution in [3.8, 4) is 39.5 Å². The van der Waals surface area contributed by atoms with Gasteiger partial charge in [-0.25, -0.2) is 9.97 Å². The van der Waals surface area contributed by atoms with Gasteiger partial charge in [-0.1, -0.05) is 125 Å². The minimum absolute atomic E-state index is 0. The van der Waals surface area contributed by atoms with Gasteiger partial charge in [0.15, 0.2) is 11.3 Å². The van der Waals surface area contributed by atoms with Gasteiger partial charge >= 0.3 is 0 Å². The normalized spacial score (nSPS) is 11.4. The number of nitrogens with zero attached hydrogens (tertiary/aromatic N) is 5. The van der Waals surface area contributed by atoms with E-state index in [-0.39, 0.29) is 26.0 Å². The maximum absolute atomic E-state index is 6.42. The molecule has 6 nitrogen and oxygen atoms in total. The molecule has 0 atom stereocenters. The number of furan rings is 1. The molecule has 0 aliphatic carbocycles. The first-order chi connectivity index (χ1) is 26.8. The second-order valence-corrected chi connectivity index (χ2v) is 14.7. The maximum Gasteiger partial charge on any atom is 0.188 e. The summed E-state index contributed by atoms with van der Waals surface area (Å²) in [5.74, 6) is 1.62. The molecular weight excluding hydrogens is 867 g/mol. The third-order valence-corrected chi connectivity index (χ3v) is 9.96. The minimum Gasteiger partial charge on any atom is -0.501 e. The molecule has 9 rings (SSSR count). The summed E-state index contributed by atoms with van der Waals surface area (Å²) in [4.78, 5) is 19.4. The first-order valence-electron chi connectivity index (χ1n) is 19.0. The van der Waals surface area contributed by atoms with Gasteiger partial charge in [0.2, 0.25) is 0 Å². The molecule has 0 unspecified atom stereocenters. The van der Waals surface area contributed by atoms with Gasteiger partial charge in [-0.05, 0) is 57.8 Å². The molecule has 281 valence electrons. The zero-order valence-electron chi connectivity index (χ0n) is 32.4. The molecule has 4 aromatic heterocycles. The first kappa shape index (κ1) is 38.5. The molecule has 0 aliphatic rings. The molecule has 0 spiro atoms. The van der Waals surface area contributed by atoms with E-state index in [9.17, 15) is 0 Å². The van der Waals surface area contributed by atoms with Crippen molar-refractivity contribution in [2.75, 3.05) is 0 Å². The van der Waals surface area contributed by atoms with Crippen molar-refractivity contribution in [1.82, 2.24) is 24.5 Å². The summed E-state index contributed by atoms with van der Waals surface area (Å²) < 4.78 is 8.62. The number of hydrogen-bond acceptors (Lipinski definition) is 5. The van der Waals surface area contributed by atoms with Crippen LogP contribution in [-0.2, 0) is 20.1 Å². The van der Waals surface area contributed by atoms with Crippen molar-refractivity contribution in [3.05, 3.63) is 163 Å². The fourth-order valence-electron chi connectivity index (χ4n) is 7.09. The maximum atomic E-state index is 6.42. The van der Waals surface area contributed by atoms with Crippen LogP contribution in [0.5, 0.6) is 0 Å². The number of aromatic nitrogens is 5. The van der Waals surface area contributed by atoms with E-state index in [1.807, 2.05) is 85.2 Å². The predicted octanol–water partition coefficient (Wildman–Crippen LogP) is 12.8. The molecule has 0 fully saturated rings. The Morgan fingerprint density at radius 2 is 1.36 bits per heavy atom. The Morgan fingerprint density at radius 1 is 0.625 bits per heavy atom. The molecule has 56 heavy (non-hydrogen) atoms. The van der Waals surface area contributed by atoms with E-state index in [1.54, 1.807) is 0 Å². The van der Waals surface area contributed by atoms with Gasteiger partial charge in [0.1, 0.15) is 5.58 Å². The number of fused-ring (bicyclic) bond motifs is 4. The van der Waals surface area contributed by atoms with Crippen LogP contribution in [0.3, 0.4) is 0 Å². The third kappa shape index (κ3) is 7.45. The molecule has 4 heterocycles. The quantitative estimate of drug-likeness (QED) is 0.149. The number of pyridine rings is 1. The standard InChI is InChI=1S/C32H31N4O.C17H12N.Ir/c1-18(2)21-12-9-13-22(19(3)4)28(21)36-31(35-30-32(36)34-26(17-33-30)20(5)6)25-15-10-14-24-23-11-7-8-16-27(23)37-29(24)25;1-3-7-14(8-4-1)16-11-12-18-17(13-16)15-9-5-2-6-10-15;/h7-14,16-20H,1-6H3;1-9,11-13H;/q2*-1;. The summed E-state index contributed by atoms with van der Waals surface area (Å²) in [6.07, 6.45) is 3.69. The number of rotatable bonds is 7. The number of benzene rings is 5. The molecule has 0 saturated carbocycles. The monoisotopic (exact) mass is 910 g/mol. The van der Waals surface area contributed by atoms with E-state index in [0.717, 1.165) is 61.6 Å². The Hall–Kier alpha value is -5.75. The molecule has 0 bridgehead atoms. The van der Waals surface area contributed by atoms with E-state index in [1.165, 1.54) is 22.3 Å². The number of imidazole rings is 1. The second kappa shape index (κ2) is 16.5. The molecule has 1 radical (unpaired) electrons. The molecule has 7 heteroatoms. The Balaban J connectivity index is 0.000000212. The topological polar surface area (TPSA) is 69.6 Å². The molecule has 0 saturated heterocycles. The fraction of sp³-hybridized carbons (Fsp3) is 0.184. The van der Waals surface area contributed by atoms with E-state index >= 15 is 0 Å². The Kier molecular flexibility index (Phi) is 11.4. The van der Waals surface area contributed by atoms with Gasteiger partial charge < -0.3 is 14.0 Å². The van der Waals surface area contributed by atoms with Gasteiger partial charge in [-0.2, -0.15) is 0 Å². The van der Waals surface area contributed by atoms with E-state index < -0.39 is 0 Å². The van der Waals surface area contributed by atoms with Crippen LogP contribution in [0.1, 0.15) is 76.1 Å². The van der Waals surface area contributed by atoms with Crippen molar-refractivity contribution >= 4 is 33.2 Å². The second-order valence-electron chi connectivity index (χ2n) is 14.7. The van der Waals surface area contributed by atoms with Gasteiger partial charge in [0.05, 0.1) is 23.3 Å². The van der Waals surface area contributed by atoms with Crippen molar-refractivity contribution < 1.29 is 24.5 Å². The average molecular weight is 910 g/mol. The van der Waals surface area contributed by atoms with Crippen molar-refractivity contribution in [1.29, 1.82) is 0 Å². The third-order valence-electron chi connectivity index (χ3n) is 9.96. The average Bonchev–Trinajstić information content (AvgIpc) is 3.80. The smallest absolute Gasteiger partial charge is 0.188 e. The van der Waals surface area contributed by atoms with Crippen molar-refractivity contribution in [2.45, 2.75) is 59.3 Å². The summed E-state index contributed by atoms with van der Waals surface area (Å²) in [5, 5.41) is 2.13. The molecule has 0 amide bonds.